The molecule has 3 nitrogen and oxygen atoms in total. The summed E-state index contributed by atoms with van der Waals surface area (Å²) in [6.07, 6.45) is 2.27. The largest absolute Gasteiger partial charge is 0.325 e. The van der Waals surface area contributed by atoms with Gasteiger partial charge in [0.05, 0.1) is 11.0 Å². The Morgan fingerprint density at radius 2 is 2.25 bits per heavy atom. The van der Waals surface area contributed by atoms with E-state index in [9.17, 15) is 0 Å². The Bertz CT molecular complexity index is 624. The molecular weight excluding hydrogens is 270 g/mol. The molecule has 2 aromatic rings. The number of aromatic nitrogens is 2. The fraction of sp³-hybridized carbons (Fsp3) is 0.562. The molecule has 0 amide bonds. The fourth-order valence-electron chi connectivity index (χ4n) is 3.36. The molecule has 1 saturated heterocycles. The molecule has 0 radical (unpaired) electrons. The van der Waals surface area contributed by atoms with E-state index in [1.54, 1.807) is 0 Å². The van der Waals surface area contributed by atoms with E-state index in [1.165, 1.54) is 11.3 Å². The van der Waals surface area contributed by atoms with Crippen LogP contribution in [-0.4, -0.2) is 22.6 Å². The molecule has 1 aliphatic rings. The molecule has 0 spiro atoms. The molecule has 108 valence electrons. The molecule has 1 fully saturated rings. The Morgan fingerprint density at radius 3 is 2.85 bits per heavy atom. The summed E-state index contributed by atoms with van der Waals surface area (Å²) in [6.45, 7) is 8.82. The highest BCUT2D eigenvalue weighted by atomic mass is 35.5. The van der Waals surface area contributed by atoms with E-state index in [4.69, 9.17) is 16.6 Å². The van der Waals surface area contributed by atoms with Crippen LogP contribution in [0.15, 0.2) is 18.2 Å². The normalized spacial score (nSPS) is 23.1. The minimum absolute atomic E-state index is 0.162. The molecule has 0 aliphatic carbocycles. The van der Waals surface area contributed by atoms with Crippen LogP contribution in [0.4, 0.5) is 0 Å². The number of hydrogen-bond donors (Lipinski definition) is 1. The van der Waals surface area contributed by atoms with E-state index < -0.39 is 0 Å². The fourth-order valence-corrected chi connectivity index (χ4v) is 3.53. The SMILES string of the molecule is CCC1(c2nc3cc(Cl)ccc3n2C(C)C)CCNC1. The van der Waals surface area contributed by atoms with Gasteiger partial charge in [0.15, 0.2) is 0 Å². The summed E-state index contributed by atoms with van der Waals surface area (Å²) in [5.41, 5.74) is 2.37. The van der Waals surface area contributed by atoms with E-state index in [2.05, 4.69) is 36.7 Å². The van der Waals surface area contributed by atoms with E-state index in [0.29, 0.717) is 6.04 Å². The third-order valence-corrected chi connectivity index (χ3v) is 4.80. The van der Waals surface area contributed by atoms with Gasteiger partial charge in [0, 0.05) is 23.0 Å². The number of nitrogens with one attached hydrogen (secondary N) is 1. The Labute approximate surface area is 125 Å². The second-order valence-corrected chi connectivity index (χ2v) is 6.53. The summed E-state index contributed by atoms with van der Waals surface area (Å²) in [4.78, 5) is 4.96. The van der Waals surface area contributed by atoms with E-state index in [-0.39, 0.29) is 5.41 Å². The lowest BCUT2D eigenvalue weighted by Gasteiger charge is -2.28. The number of fused-ring (bicyclic) bond motifs is 1. The topological polar surface area (TPSA) is 29.9 Å². The second kappa shape index (κ2) is 5.05. The third kappa shape index (κ3) is 2.04. The monoisotopic (exact) mass is 291 g/mol. The van der Waals surface area contributed by atoms with Gasteiger partial charge in [-0.05, 0) is 51.4 Å². The highest BCUT2D eigenvalue weighted by Crippen LogP contribution is 2.37. The van der Waals surface area contributed by atoms with Crippen molar-refractivity contribution >= 4 is 22.6 Å². The zero-order valence-corrected chi connectivity index (χ0v) is 13.2. The van der Waals surface area contributed by atoms with Crippen molar-refractivity contribution in [2.24, 2.45) is 0 Å². The maximum atomic E-state index is 6.13. The summed E-state index contributed by atoms with van der Waals surface area (Å²) in [5, 5.41) is 4.26. The first-order chi connectivity index (χ1) is 9.57. The van der Waals surface area contributed by atoms with Gasteiger partial charge in [-0.15, -0.1) is 0 Å². The molecule has 1 N–H and O–H groups in total. The molecule has 2 heterocycles. The first-order valence-corrected chi connectivity index (χ1v) is 7.84. The molecule has 20 heavy (non-hydrogen) atoms. The highest BCUT2D eigenvalue weighted by molar-refractivity contribution is 6.31. The van der Waals surface area contributed by atoms with Gasteiger partial charge in [0.25, 0.3) is 0 Å². The predicted molar refractivity (Wildman–Crippen MR) is 84.6 cm³/mol. The Hall–Kier alpha value is -1.06. The molecule has 1 aromatic heterocycles. The molecule has 3 rings (SSSR count). The molecule has 0 bridgehead atoms. The van der Waals surface area contributed by atoms with E-state index in [1.807, 2.05) is 12.1 Å². The Kier molecular flexibility index (Phi) is 3.51. The van der Waals surface area contributed by atoms with Crippen LogP contribution in [0.2, 0.25) is 5.02 Å². The van der Waals surface area contributed by atoms with Gasteiger partial charge >= 0.3 is 0 Å². The standard InChI is InChI=1S/C16H22ClN3/c1-4-16(7-8-18-10-16)15-19-13-9-12(17)5-6-14(13)20(15)11(2)3/h5-6,9,11,18H,4,7-8,10H2,1-3H3. The van der Waals surface area contributed by atoms with Crippen molar-refractivity contribution in [3.8, 4) is 0 Å². The van der Waals surface area contributed by atoms with Crippen LogP contribution < -0.4 is 5.32 Å². The minimum Gasteiger partial charge on any atom is -0.325 e. The van der Waals surface area contributed by atoms with Crippen molar-refractivity contribution in [2.75, 3.05) is 13.1 Å². The van der Waals surface area contributed by atoms with Gasteiger partial charge in [-0.1, -0.05) is 18.5 Å². The lowest BCUT2D eigenvalue weighted by atomic mass is 9.83. The number of rotatable bonds is 3. The molecule has 1 atom stereocenters. The van der Waals surface area contributed by atoms with Gasteiger partial charge in [0.2, 0.25) is 0 Å². The number of benzene rings is 1. The van der Waals surface area contributed by atoms with Gasteiger partial charge in [-0.2, -0.15) is 0 Å². The zero-order valence-electron chi connectivity index (χ0n) is 12.4. The summed E-state index contributed by atoms with van der Waals surface area (Å²) in [6, 6.07) is 6.44. The number of hydrogen-bond acceptors (Lipinski definition) is 2. The van der Waals surface area contributed by atoms with E-state index in [0.717, 1.165) is 36.5 Å². The molecule has 4 heteroatoms. The summed E-state index contributed by atoms with van der Waals surface area (Å²) < 4.78 is 2.39. The van der Waals surface area contributed by atoms with Crippen LogP contribution in [-0.2, 0) is 5.41 Å². The van der Waals surface area contributed by atoms with Gasteiger partial charge in [0.1, 0.15) is 5.82 Å². The zero-order chi connectivity index (χ0) is 14.3. The van der Waals surface area contributed by atoms with Crippen LogP contribution >= 0.6 is 11.6 Å². The average molecular weight is 292 g/mol. The first-order valence-electron chi connectivity index (χ1n) is 7.46. The van der Waals surface area contributed by atoms with Crippen LogP contribution in [0, 0.1) is 0 Å². The molecule has 1 aromatic carbocycles. The first kappa shape index (κ1) is 13.9. The van der Waals surface area contributed by atoms with Crippen LogP contribution in [0.3, 0.4) is 0 Å². The van der Waals surface area contributed by atoms with Crippen molar-refractivity contribution in [2.45, 2.75) is 45.1 Å². The number of halogens is 1. The molecular formula is C16H22ClN3. The third-order valence-electron chi connectivity index (χ3n) is 4.56. The van der Waals surface area contributed by atoms with E-state index >= 15 is 0 Å². The number of nitrogens with zero attached hydrogens (tertiary/aromatic N) is 2. The van der Waals surface area contributed by atoms with Gasteiger partial charge in [-0.3, -0.25) is 0 Å². The summed E-state index contributed by atoms with van der Waals surface area (Å²) in [5.74, 6) is 1.22. The van der Waals surface area contributed by atoms with Crippen molar-refractivity contribution in [1.82, 2.24) is 14.9 Å². The molecule has 1 aliphatic heterocycles. The summed E-state index contributed by atoms with van der Waals surface area (Å²) >= 11 is 6.13. The highest BCUT2D eigenvalue weighted by Gasteiger charge is 2.38. The molecule has 0 saturated carbocycles. The van der Waals surface area contributed by atoms with Crippen molar-refractivity contribution in [3.63, 3.8) is 0 Å². The van der Waals surface area contributed by atoms with Crippen molar-refractivity contribution in [3.05, 3.63) is 29.0 Å². The predicted octanol–water partition coefficient (Wildman–Crippen LogP) is 3.91. The van der Waals surface area contributed by atoms with Crippen LogP contribution in [0.1, 0.15) is 45.5 Å². The Morgan fingerprint density at radius 1 is 1.45 bits per heavy atom. The Balaban J connectivity index is 2.26. The summed E-state index contributed by atoms with van der Waals surface area (Å²) in [7, 11) is 0. The maximum absolute atomic E-state index is 6.13. The molecule has 1 unspecified atom stereocenters. The lowest BCUT2D eigenvalue weighted by molar-refractivity contribution is 0.394. The lowest BCUT2D eigenvalue weighted by Crippen LogP contribution is -2.32. The van der Waals surface area contributed by atoms with Crippen molar-refractivity contribution in [1.29, 1.82) is 0 Å². The van der Waals surface area contributed by atoms with Gasteiger partial charge < -0.3 is 9.88 Å². The second-order valence-electron chi connectivity index (χ2n) is 6.09. The van der Waals surface area contributed by atoms with Crippen LogP contribution in [0.5, 0.6) is 0 Å². The smallest absolute Gasteiger partial charge is 0.117 e. The minimum atomic E-state index is 0.162. The van der Waals surface area contributed by atoms with Gasteiger partial charge in [-0.25, -0.2) is 4.98 Å². The maximum Gasteiger partial charge on any atom is 0.117 e. The quantitative estimate of drug-likeness (QED) is 0.929. The number of imidazole rings is 1. The van der Waals surface area contributed by atoms with Crippen LogP contribution in [0.25, 0.3) is 11.0 Å². The average Bonchev–Trinajstić information content (AvgIpc) is 3.02. The van der Waals surface area contributed by atoms with Crippen molar-refractivity contribution < 1.29 is 0 Å².